The lowest BCUT2D eigenvalue weighted by Gasteiger charge is -2.15. The van der Waals surface area contributed by atoms with E-state index in [1.54, 1.807) is 5.32 Å². The van der Waals surface area contributed by atoms with Gasteiger partial charge in [-0.2, -0.15) is 13.2 Å². The Morgan fingerprint density at radius 3 is 2.55 bits per heavy atom. The second-order valence-electron chi connectivity index (χ2n) is 4.25. The monoisotopic (exact) mass is 394 g/mol. The van der Waals surface area contributed by atoms with E-state index in [-0.39, 0.29) is 5.69 Å². The third kappa shape index (κ3) is 4.38. The highest BCUT2D eigenvalue weighted by atomic mass is 79.9. The van der Waals surface area contributed by atoms with Crippen molar-refractivity contribution in [3.8, 4) is 0 Å². The predicted molar refractivity (Wildman–Crippen MR) is 82.4 cm³/mol. The number of alkyl halides is 3. The van der Waals surface area contributed by atoms with Crippen molar-refractivity contribution in [1.29, 1.82) is 0 Å². The van der Waals surface area contributed by atoms with E-state index in [4.69, 9.17) is 5.11 Å². The molecule has 2 rings (SSSR count). The summed E-state index contributed by atoms with van der Waals surface area (Å²) in [6.45, 7) is 0.374. The number of carbonyl (C=O) groups is 1. The molecule has 4 nitrogen and oxygen atoms in total. The van der Waals surface area contributed by atoms with Gasteiger partial charge in [-0.15, -0.1) is 11.3 Å². The van der Waals surface area contributed by atoms with Gasteiger partial charge in [0.25, 0.3) is 0 Å². The Hall–Kier alpha value is -1.74. The summed E-state index contributed by atoms with van der Waals surface area (Å²) in [7, 11) is 0. The molecule has 0 saturated heterocycles. The van der Waals surface area contributed by atoms with E-state index in [2.05, 4.69) is 21.2 Å². The summed E-state index contributed by atoms with van der Waals surface area (Å²) in [5, 5.41) is 13.2. The van der Waals surface area contributed by atoms with Gasteiger partial charge in [0, 0.05) is 17.1 Å². The predicted octanol–water partition coefficient (Wildman–Crippen LogP) is 5.23. The van der Waals surface area contributed by atoms with Crippen molar-refractivity contribution < 1.29 is 23.1 Å². The molecular formula is C13H10BrF3N2O2S. The Labute approximate surface area is 136 Å². The van der Waals surface area contributed by atoms with Crippen LogP contribution in [0.2, 0.25) is 0 Å². The second-order valence-corrected chi connectivity index (χ2v) is 6.80. The first-order valence-electron chi connectivity index (χ1n) is 5.95. The molecule has 3 N–H and O–H groups in total. The first kappa shape index (κ1) is 16.6. The Morgan fingerprint density at radius 1 is 1.27 bits per heavy atom. The van der Waals surface area contributed by atoms with Crippen LogP contribution in [0, 0.1) is 0 Å². The summed E-state index contributed by atoms with van der Waals surface area (Å²) in [6.07, 6.45) is -6.20. The Bertz CT molecular complexity index is 688. The van der Waals surface area contributed by atoms with Gasteiger partial charge in [-0.25, -0.2) is 4.79 Å². The minimum Gasteiger partial charge on any atom is -0.465 e. The van der Waals surface area contributed by atoms with Crippen LogP contribution in [0.15, 0.2) is 34.1 Å². The van der Waals surface area contributed by atoms with Crippen LogP contribution in [0.4, 0.5) is 29.3 Å². The van der Waals surface area contributed by atoms with E-state index in [1.165, 1.54) is 17.4 Å². The zero-order valence-corrected chi connectivity index (χ0v) is 13.3. The number of hydrogen-bond acceptors (Lipinski definition) is 3. The molecule has 0 fully saturated rings. The zero-order valence-electron chi connectivity index (χ0n) is 10.9. The van der Waals surface area contributed by atoms with Gasteiger partial charge in [0.1, 0.15) is 0 Å². The van der Waals surface area contributed by atoms with E-state index in [0.717, 1.165) is 20.8 Å². The fraction of sp³-hybridized carbons (Fsp3) is 0.154. The van der Waals surface area contributed by atoms with Gasteiger partial charge >= 0.3 is 12.3 Å². The van der Waals surface area contributed by atoms with Crippen LogP contribution in [0.25, 0.3) is 0 Å². The summed E-state index contributed by atoms with van der Waals surface area (Å²) < 4.78 is 39.9. The number of benzene rings is 1. The largest absolute Gasteiger partial charge is 0.465 e. The highest BCUT2D eigenvalue weighted by molar-refractivity contribution is 9.11. The standard InChI is InChI=1S/C13H10BrF3N2O2S/c14-11-4-2-8(22-11)6-18-7-1-3-10(19-12(20)21)9(5-7)13(15,16)17/h1-5,18-19H,6H2,(H,20,21). The van der Waals surface area contributed by atoms with Crippen LogP contribution in [-0.4, -0.2) is 11.2 Å². The third-order valence-corrected chi connectivity index (χ3v) is 4.29. The molecule has 0 spiro atoms. The second kappa shape index (κ2) is 6.57. The van der Waals surface area contributed by atoms with Crippen molar-refractivity contribution in [2.45, 2.75) is 12.7 Å². The van der Waals surface area contributed by atoms with Crippen molar-refractivity contribution in [1.82, 2.24) is 0 Å². The van der Waals surface area contributed by atoms with Crippen LogP contribution in [0.3, 0.4) is 0 Å². The van der Waals surface area contributed by atoms with E-state index in [9.17, 15) is 18.0 Å². The minimum atomic E-state index is -4.65. The molecule has 1 aromatic carbocycles. The van der Waals surface area contributed by atoms with Gasteiger partial charge in [0.2, 0.25) is 0 Å². The molecule has 0 aliphatic rings. The number of hydrogen-bond donors (Lipinski definition) is 3. The number of amides is 1. The van der Waals surface area contributed by atoms with Crippen molar-refractivity contribution >= 4 is 44.7 Å². The summed E-state index contributed by atoms with van der Waals surface area (Å²) >= 11 is 4.78. The minimum absolute atomic E-state index is 0.257. The molecule has 0 aliphatic carbocycles. The Morgan fingerprint density at radius 2 is 2.00 bits per heavy atom. The SMILES string of the molecule is O=C(O)Nc1ccc(NCc2ccc(Br)s2)cc1C(F)(F)F. The fourth-order valence-corrected chi connectivity index (χ4v) is 3.17. The zero-order chi connectivity index (χ0) is 16.3. The van der Waals surface area contributed by atoms with Crippen LogP contribution in [0.1, 0.15) is 10.4 Å². The maximum atomic E-state index is 13.0. The number of anilines is 2. The van der Waals surface area contributed by atoms with Gasteiger partial charge in [-0.1, -0.05) is 0 Å². The van der Waals surface area contributed by atoms with Crippen molar-refractivity contribution in [3.63, 3.8) is 0 Å². The van der Waals surface area contributed by atoms with Gasteiger partial charge in [-0.05, 0) is 46.3 Å². The summed E-state index contributed by atoms with van der Waals surface area (Å²) in [5.41, 5.74) is -1.27. The summed E-state index contributed by atoms with van der Waals surface area (Å²) in [5.74, 6) is 0. The number of halogens is 4. The molecule has 0 saturated carbocycles. The molecule has 1 heterocycles. The van der Waals surface area contributed by atoms with Gasteiger partial charge < -0.3 is 10.4 Å². The van der Waals surface area contributed by atoms with Gasteiger partial charge in [-0.3, -0.25) is 5.32 Å². The molecule has 22 heavy (non-hydrogen) atoms. The highest BCUT2D eigenvalue weighted by Gasteiger charge is 2.34. The number of rotatable bonds is 4. The lowest BCUT2D eigenvalue weighted by molar-refractivity contribution is -0.136. The molecular weight excluding hydrogens is 385 g/mol. The normalized spacial score (nSPS) is 11.3. The Kier molecular flexibility index (Phi) is 4.97. The first-order chi connectivity index (χ1) is 10.3. The van der Waals surface area contributed by atoms with E-state index in [0.29, 0.717) is 6.54 Å². The molecule has 1 aromatic heterocycles. The molecule has 0 bridgehead atoms. The van der Waals surface area contributed by atoms with Crippen LogP contribution in [-0.2, 0) is 12.7 Å². The number of thiophene rings is 1. The van der Waals surface area contributed by atoms with E-state index in [1.807, 2.05) is 12.1 Å². The number of nitrogens with one attached hydrogen (secondary N) is 2. The summed E-state index contributed by atoms with van der Waals surface area (Å²) in [6, 6.07) is 7.07. The Balaban J connectivity index is 2.20. The average Bonchev–Trinajstić information content (AvgIpc) is 2.81. The lowest BCUT2D eigenvalue weighted by Crippen LogP contribution is -2.15. The average molecular weight is 395 g/mol. The van der Waals surface area contributed by atoms with Crippen molar-refractivity contribution in [2.24, 2.45) is 0 Å². The molecule has 0 atom stereocenters. The first-order valence-corrected chi connectivity index (χ1v) is 7.56. The molecule has 9 heteroatoms. The van der Waals surface area contributed by atoms with Crippen LogP contribution >= 0.6 is 27.3 Å². The van der Waals surface area contributed by atoms with E-state index < -0.39 is 23.5 Å². The molecule has 1 amide bonds. The van der Waals surface area contributed by atoms with Crippen molar-refractivity contribution in [3.05, 3.63) is 44.6 Å². The highest BCUT2D eigenvalue weighted by Crippen LogP contribution is 2.36. The summed E-state index contributed by atoms with van der Waals surface area (Å²) in [4.78, 5) is 11.5. The topological polar surface area (TPSA) is 61.4 Å². The van der Waals surface area contributed by atoms with Gasteiger partial charge in [0.05, 0.1) is 15.0 Å². The quantitative estimate of drug-likeness (QED) is 0.664. The maximum Gasteiger partial charge on any atom is 0.418 e. The fourth-order valence-electron chi connectivity index (χ4n) is 1.75. The molecule has 0 unspecified atom stereocenters. The molecule has 0 aliphatic heterocycles. The van der Waals surface area contributed by atoms with Crippen molar-refractivity contribution in [2.75, 3.05) is 10.6 Å². The van der Waals surface area contributed by atoms with E-state index >= 15 is 0 Å². The van der Waals surface area contributed by atoms with Crippen LogP contribution in [0.5, 0.6) is 0 Å². The van der Waals surface area contributed by atoms with Crippen LogP contribution < -0.4 is 10.6 Å². The molecule has 2 aromatic rings. The number of carboxylic acid groups (broad SMARTS) is 1. The smallest absolute Gasteiger partial charge is 0.418 e. The lowest BCUT2D eigenvalue weighted by atomic mass is 10.1. The molecule has 118 valence electrons. The molecule has 0 radical (unpaired) electrons. The van der Waals surface area contributed by atoms with Gasteiger partial charge in [0.15, 0.2) is 0 Å². The third-order valence-electron chi connectivity index (χ3n) is 2.66. The maximum absolute atomic E-state index is 13.0.